The van der Waals surface area contributed by atoms with Gasteiger partial charge in [0.1, 0.15) is 0 Å². The molecule has 0 bridgehead atoms. The molecule has 34 heavy (non-hydrogen) atoms. The number of hydrogen-bond donors (Lipinski definition) is 3. The van der Waals surface area contributed by atoms with Crippen molar-refractivity contribution in [1.29, 1.82) is 0 Å². The fourth-order valence-corrected chi connectivity index (χ4v) is 5.03. The second-order valence-electron chi connectivity index (χ2n) is 9.21. The molecule has 0 amide bonds. The van der Waals surface area contributed by atoms with Crippen LogP contribution in [-0.4, -0.2) is 0 Å². The van der Waals surface area contributed by atoms with Gasteiger partial charge in [-0.05, 0) is 51.3 Å². The zero-order valence-corrected chi connectivity index (χ0v) is 20.3. The fraction of sp³-hybridized carbons (Fsp3) is 0.258. The highest BCUT2D eigenvalue weighted by Crippen LogP contribution is 2.50. The second-order valence-corrected chi connectivity index (χ2v) is 9.21. The van der Waals surface area contributed by atoms with Gasteiger partial charge in [0.05, 0.1) is 5.41 Å². The maximum atomic E-state index is 6.10. The van der Waals surface area contributed by atoms with Gasteiger partial charge in [0, 0.05) is 25.6 Å². The Hall–Kier alpha value is -2.98. The predicted octanol–water partition coefficient (Wildman–Crippen LogP) is 5.51. The van der Waals surface area contributed by atoms with E-state index in [-0.39, 0.29) is 0 Å². The van der Waals surface area contributed by atoms with Crippen molar-refractivity contribution < 1.29 is 0 Å². The summed E-state index contributed by atoms with van der Waals surface area (Å²) in [6, 6.07) is 26.0. The van der Waals surface area contributed by atoms with Crippen molar-refractivity contribution in [3.63, 3.8) is 0 Å². The van der Waals surface area contributed by atoms with E-state index >= 15 is 0 Å². The minimum atomic E-state index is -0.521. The lowest BCUT2D eigenvalue weighted by Crippen LogP contribution is -2.35. The van der Waals surface area contributed by atoms with Gasteiger partial charge in [-0.25, -0.2) is 0 Å². The van der Waals surface area contributed by atoms with Crippen LogP contribution in [0.2, 0.25) is 0 Å². The van der Waals surface area contributed by atoms with Gasteiger partial charge in [-0.2, -0.15) is 0 Å². The van der Waals surface area contributed by atoms with Gasteiger partial charge in [-0.3, -0.25) is 0 Å². The van der Waals surface area contributed by atoms with E-state index in [0.717, 1.165) is 23.1 Å². The van der Waals surface area contributed by atoms with Crippen LogP contribution in [0.5, 0.6) is 0 Å². The summed E-state index contributed by atoms with van der Waals surface area (Å²) in [5, 5.41) is 0. The highest BCUT2D eigenvalue weighted by Gasteiger charge is 2.44. The van der Waals surface area contributed by atoms with Gasteiger partial charge in [0.15, 0.2) is 0 Å². The molecule has 1 radical (unpaired) electrons. The zero-order valence-electron chi connectivity index (χ0n) is 20.3. The summed E-state index contributed by atoms with van der Waals surface area (Å²) >= 11 is 0. The molecule has 0 spiro atoms. The van der Waals surface area contributed by atoms with Gasteiger partial charge in [-0.15, -0.1) is 0 Å². The first-order valence-electron chi connectivity index (χ1n) is 12.2. The van der Waals surface area contributed by atoms with E-state index in [9.17, 15) is 0 Å². The second kappa shape index (κ2) is 10.5. The van der Waals surface area contributed by atoms with Crippen molar-refractivity contribution in [3.05, 3.63) is 136 Å². The molecule has 0 aromatic heterocycles. The van der Waals surface area contributed by atoms with Crippen LogP contribution in [0.1, 0.15) is 53.6 Å². The van der Waals surface area contributed by atoms with Crippen molar-refractivity contribution in [2.45, 2.75) is 45.3 Å². The summed E-state index contributed by atoms with van der Waals surface area (Å²) in [5.41, 5.74) is 26.1. The van der Waals surface area contributed by atoms with Crippen molar-refractivity contribution in [2.24, 2.45) is 23.1 Å². The van der Waals surface area contributed by atoms with Crippen molar-refractivity contribution in [2.75, 3.05) is 0 Å². The Morgan fingerprint density at radius 3 is 1.50 bits per heavy atom. The summed E-state index contributed by atoms with van der Waals surface area (Å²) in [6.45, 7) is 6.02. The molecule has 175 valence electrons. The van der Waals surface area contributed by atoms with Gasteiger partial charge in [0.2, 0.25) is 0 Å². The Kier molecular flexibility index (Phi) is 7.47. The Balaban J connectivity index is 2.08. The summed E-state index contributed by atoms with van der Waals surface area (Å²) < 4.78 is 0. The molecule has 1 unspecified atom stereocenters. The third-order valence-corrected chi connectivity index (χ3v) is 7.18. The summed E-state index contributed by atoms with van der Waals surface area (Å²) in [6.07, 6.45) is 8.06. The largest absolute Gasteiger partial charge is 0.326 e. The van der Waals surface area contributed by atoms with Gasteiger partial charge < -0.3 is 17.2 Å². The Morgan fingerprint density at radius 1 is 0.676 bits per heavy atom. The molecule has 3 nitrogen and oxygen atoms in total. The zero-order chi connectivity index (χ0) is 24.1. The molecule has 3 heteroatoms. The average molecular weight is 451 g/mol. The van der Waals surface area contributed by atoms with Gasteiger partial charge in [-0.1, -0.05) is 105 Å². The maximum absolute atomic E-state index is 6.10. The van der Waals surface area contributed by atoms with Crippen molar-refractivity contribution in [3.8, 4) is 0 Å². The molecule has 0 saturated heterocycles. The maximum Gasteiger partial charge on any atom is 0.0589 e. The first-order valence-corrected chi connectivity index (χ1v) is 12.2. The van der Waals surface area contributed by atoms with E-state index in [1.807, 2.05) is 0 Å². The van der Waals surface area contributed by atoms with Crippen LogP contribution < -0.4 is 17.2 Å². The minimum absolute atomic E-state index is 0.493. The molecule has 3 aromatic carbocycles. The topological polar surface area (TPSA) is 78.1 Å². The first-order chi connectivity index (χ1) is 16.6. The Bertz CT molecular complexity index is 1070. The van der Waals surface area contributed by atoms with Crippen LogP contribution in [0.25, 0.3) is 0 Å². The number of rotatable bonds is 9. The highest BCUT2D eigenvalue weighted by molar-refractivity contribution is 5.65. The SMILES string of the molecule is CCC(C)C1=C[C](C(c2cccc(CN)c2)(c2cccc(CN)c2)c2cccc(CN)c2)C=C1. The van der Waals surface area contributed by atoms with Crippen LogP contribution in [0.4, 0.5) is 0 Å². The molecule has 1 aliphatic carbocycles. The van der Waals surface area contributed by atoms with E-state index in [1.165, 1.54) is 28.2 Å². The van der Waals surface area contributed by atoms with E-state index in [4.69, 9.17) is 17.2 Å². The van der Waals surface area contributed by atoms with E-state index in [2.05, 4.69) is 105 Å². The molecule has 4 rings (SSSR count). The number of hydrogen-bond acceptors (Lipinski definition) is 3. The molecule has 1 aliphatic rings. The van der Waals surface area contributed by atoms with Gasteiger partial charge >= 0.3 is 0 Å². The average Bonchev–Trinajstić information content (AvgIpc) is 3.39. The van der Waals surface area contributed by atoms with Crippen LogP contribution in [-0.2, 0) is 25.0 Å². The summed E-state index contributed by atoms with van der Waals surface area (Å²) in [7, 11) is 0. The molecule has 0 saturated carbocycles. The Morgan fingerprint density at radius 2 is 1.12 bits per heavy atom. The number of allylic oxidation sites excluding steroid dienone is 4. The van der Waals surface area contributed by atoms with Crippen LogP contribution in [0.15, 0.2) is 96.6 Å². The summed E-state index contributed by atoms with van der Waals surface area (Å²) in [5.74, 6) is 1.74. The lowest BCUT2D eigenvalue weighted by atomic mass is 9.61. The number of nitrogens with two attached hydrogens (primary N) is 3. The number of benzene rings is 3. The molecule has 6 N–H and O–H groups in total. The highest BCUT2D eigenvalue weighted by atomic mass is 14.5. The molecule has 0 fully saturated rings. The molecule has 0 heterocycles. The third kappa shape index (κ3) is 4.39. The monoisotopic (exact) mass is 450 g/mol. The van der Waals surface area contributed by atoms with Gasteiger partial charge in [0.25, 0.3) is 0 Å². The quantitative estimate of drug-likeness (QED) is 0.376. The standard InChI is InChI=1S/C31H36N3/c1-3-22(2)26-13-14-30(18-26)31(27-10-4-7-23(15-27)19-32,28-11-5-8-24(16-28)20-33)29-12-6-9-25(17-29)21-34/h4-18,22H,3,19-21,32-34H2,1-2H3. The third-order valence-electron chi connectivity index (χ3n) is 7.18. The normalized spacial score (nSPS) is 14.9. The van der Waals surface area contributed by atoms with Crippen LogP contribution in [0, 0.1) is 11.8 Å². The lowest BCUT2D eigenvalue weighted by Gasteiger charge is -2.40. The van der Waals surface area contributed by atoms with Crippen LogP contribution >= 0.6 is 0 Å². The Labute approximate surface area is 204 Å². The van der Waals surface area contributed by atoms with E-state index < -0.39 is 5.41 Å². The van der Waals surface area contributed by atoms with E-state index in [1.54, 1.807) is 0 Å². The molecule has 1 atom stereocenters. The lowest BCUT2D eigenvalue weighted by molar-refractivity contribution is 0.661. The summed E-state index contributed by atoms with van der Waals surface area (Å²) in [4.78, 5) is 0. The van der Waals surface area contributed by atoms with Crippen molar-refractivity contribution in [1.82, 2.24) is 0 Å². The minimum Gasteiger partial charge on any atom is -0.326 e. The molecule has 0 aliphatic heterocycles. The fourth-order valence-electron chi connectivity index (χ4n) is 5.03. The first kappa shape index (κ1) is 24.2. The van der Waals surface area contributed by atoms with E-state index in [0.29, 0.717) is 25.6 Å². The smallest absolute Gasteiger partial charge is 0.0589 e. The van der Waals surface area contributed by atoms with Crippen LogP contribution in [0.3, 0.4) is 0 Å². The molecular weight excluding hydrogens is 414 g/mol. The molecular formula is C31H36N3. The predicted molar refractivity (Wildman–Crippen MR) is 143 cm³/mol. The molecule has 3 aromatic rings. The van der Waals surface area contributed by atoms with Crippen molar-refractivity contribution >= 4 is 0 Å².